The van der Waals surface area contributed by atoms with Gasteiger partial charge in [-0.2, -0.15) is 0 Å². The summed E-state index contributed by atoms with van der Waals surface area (Å²) < 4.78 is 22.6. The lowest BCUT2D eigenvalue weighted by atomic mass is 9.76. The van der Waals surface area contributed by atoms with E-state index in [9.17, 15) is 35.4 Å². The van der Waals surface area contributed by atoms with Gasteiger partial charge in [0.2, 0.25) is 5.79 Å². The minimum Gasteiger partial charge on any atom is -0.456 e. The van der Waals surface area contributed by atoms with E-state index in [0.717, 1.165) is 16.7 Å². The maximum absolute atomic E-state index is 13.5. The van der Waals surface area contributed by atoms with Crippen LogP contribution in [-0.4, -0.2) is 112 Å². The Morgan fingerprint density at radius 1 is 1.00 bits per heavy atom. The van der Waals surface area contributed by atoms with E-state index in [1.165, 1.54) is 21.1 Å². The predicted molar refractivity (Wildman–Crippen MR) is 183 cm³/mol. The summed E-state index contributed by atoms with van der Waals surface area (Å²) in [4.78, 5) is 13.5. The number of aliphatic hydroxyl groups is 6. The molecule has 0 aromatic carbocycles. The van der Waals surface area contributed by atoms with Gasteiger partial charge in [0.05, 0.1) is 43.2 Å². The first-order valence-corrected chi connectivity index (χ1v) is 16.9. The molecule has 0 aliphatic carbocycles. The van der Waals surface area contributed by atoms with Crippen LogP contribution >= 0.6 is 0 Å². The van der Waals surface area contributed by atoms with E-state index in [-0.39, 0.29) is 37.4 Å². The quantitative estimate of drug-likeness (QED) is 0.218. The van der Waals surface area contributed by atoms with Crippen molar-refractivity contribution in [1.29, 1.82) is 0 Å². The molecular weight excluding hydrogens is 620 g/mol. The van der Waals surface area contributed by atoms with E-state index in [1.54, 1.807) is 26.0 Å². The summed E-state index contributed by atoms with van der Waals surface area (Å²) in [5.74, 6) is -4.88. The minimum absolute atomic E-state index is 0.00757. The van der Waals surface area contributed by atoms with E-state index < -0.39 is 72.4 Å². The van der Waals surface area contributed by atoms with Crippen molar-refractivity contribution < 1.29 is 54.4 Å². The lowest BCUT2D eigenvalue weighted by Gasteiger charge is -2.51. The topological polar surface area (TPSA) is 175 Å². The predicted octanol–water partition coefficient (Wildman–Crippen LogP) is 3.28. The minimum atomic E-state index is -2.39. The Morgan fingerprint density at radius 3 is 2.29 bits per heavy atom. The zero-order valence-electron chi connectivity index (χ0n) is 30.1. The van der Waals surface area contributed by atoms with Crippen LogP contribution in [-0.2, 0) is 23.7 Å². The van der Waals surface area contributed by atoms with Crippen molar-refractivity contribution in [2.24, 2.45) is 17.8 Å². The fourth-order valence-corrected chi connectivity index (χ4v) is 6.41. The van der Waals surface area contributed by atoms with Gasteiger partial charge in [0.1, 0.15) is 12.2 Å². The maximum atomic E-state index is 13.5. The number of aliphatic hydroxyl groups excluding tert-OH is 5. The molecule has 0 aromatic heterocycles. The van der Waals surface area contributed by atoms with Crippen LogP contribution in [0.5, 0.6) is 0 Å². The van der Waals surface area contributed by atoms with Crippen LogP contribution in [0.2, 0.25) is 0 Å². The number of carbonyl (C=O) groups is 1. The molecule has 274 valence electrons. The van der Waals surface area contributed by atoms with Gasteiger partial charge in [0, 0.05) is 50.4 Å². The first-order valence-electron chi connectivity index (χ1n) is 16.9. The summed E-state index contributed by atoms with van der Waals surface area (Å²) in [6.45, 7) is 12.4. The Morgan fingerprint density at radius 2 is 1.67 bits per heavy atom. The summed E-state index contributed by atoms with van der Waals surface area (Å²) in [7, 11) is 2.83. The fourth-order valence-electron chi connectivity index (χ4n) is 6.41. The molecule has 2 aliphatic heterocycles. The van der Waals surface area contributed by atoms with E-state index in [0.29, 0.717) is 6.42 Å². The normalized spacial score (nSPS) is 41.6. The number of methoxy groups -OCH3 is 2. The van der Waals surface area contributed by atoms with Gasteiger partial charge < -0.3 is 49.6 Å². The molecule has 0 spiro atoms. The molecule has 11 heteroatoms. The lowest BCUT2D eigenvalue weighted by molar-refractivity contribution is -0.362. The van der Waals surface area contributed by atoms with Crippen molar-refractivity contribution in [2.45, 2.75) is 129 Å². The molecule has 48 heavy (non-hydrogen) atoms. The second-order valence-corrected chi connectivity index (χ2v) is 13.7. The highest BCUT2D eigenvalue weighted by atomic mass is 16.7. The second-order valence-electron chi connectivity index (χ2n) is 13.7. The Kier molecular flexibility index (Phi) is 16.9. The molecule has 0 unspecified atom stereocenters. The van der Waals surface area contributed by atoms with Crippen LogP contribution in [0.3, 0.4) is 0 Å². The summed E-state index contributed by atoms with van der Waals surface area (Å²) in [6, 6.07) is 0. The molecule has 0 amide bonds. The summed E-state index contributed by atoms with van der Waals surface area (Å²) in [6.07, 6.45) is 2.56. The third kappa shape index (κ3) is 11.7. The van der Waals surface area contributed by atoms with Crippen LogP contribution in [0, 0.1) is 17.8 Å². The highest BCUT2D eigenvalue weighted by molar-refractivity contribution is 5.88. The number of cyclic esters (lactones) is 1. The van der Waals surface area contributed by atoms with Crippen molar-refractivity contribution in [3.63, 3.8) is 0 Å². The monoisotopic (exact) mass is 680 g/mol. The largest absolute Gasteiger partial charge is 0.456 e. The number of ether oxygens (including phenoxy) is 4. The summed E-state index contributed by atoms with van der Waals surface area (Å²) in [5, 5.41) is 67.1. The van der Waals surface area contributed by atoms with E-state index in [2.05, 4.69) is 0 Å². The van der Waals surface area contributed by atoms with Crippen molar-refractivity contribution in [1.82, 2.24) is 0 Å². The van der Waals surface area contributed by atoms with Gasteiger partial charge >= 0.3 is 5.97 Å². The Labute approximate surface area is 286 Å². The van der Waals surface area contributed by atoms with Crippen molar-refractivity contribution in [3.8, 4) is 0 Å². The molecule has 1 saturated heterocycles. The Bertz CT molecular complexity index is 1190. The number of carbonyl (C=O) groups excluding carboxylic acids is 1. The lowest BCUT2D eigenvalue weighted by Crippen LogP contribution is -2.65. The molecule has 0 saturated carbocycles. The van der Waals surface area contributed by atoms with Crippen LogP contribution in [0.4, 0.5) is 0 Å². The zero-order valence-corrected chi connectivity index (χ0v) is 30.1. The molecule has 2 heterocycles. The SMILES string of the molecule is COC[C@H](O)C[C@H]1O[C@@](O)([C@H](O)[C@@H]2C[C@H](OC)[C@@H](O)CC/C=C(C)/C=C/[C@@H](O)[C@H](C)/C=C(C)/C=C(C)/C=C(\C)C(=O)O2)[C@H](C)[C@@H](O)[C@H]1C. The van der Waals surface area contributed by atoms with E-state index in [4.69, 9.17) is 18.9 Å². The number of esters is 1. The highest BCUT2D eigenvalue weighted by Crippen LogP contribution is 2.41. The van der Waals surface area contributed by atoms with Gasteiger partial charge in [-0.25, -0.2) is 4.79 Å². The molecule has 12 atom stereocenters. The van der Waals surface area contributed by atoms with Crippen LogP contribution in [0.15, 0.2) is 58.7 Å². The summed E-state index contributed by atoms with van der Waals surface area (Å²) in [5.41, 5.74) is 2.75. The highest BCUT2D eigenvalue weighted by Gasteiger charge is 2.56. The van der Waals surface area contributed by atoms with Crippen LogP contribution in [0.25, 0.3) is 0 Å². The van der Waals surface area contributed by atoms with Gasteiger partial charge in [-0.1, -0.05) is 67.9 Å². The van der Waals surface area contributed by atoms with Crippen LogP contribution in [0.1, 0.15) is 74.1 Å². The number of hydrogen-bond acceptors (Lipinski definition) is 11. The zero-order chi connectivity index (χ0) is 36.3. The number of rotatable bonds is 7. The smallest absolute Gasteiger partial charge is 0.334 e. The first kappa shape index (κ1) is 42.0. The van der Waals surface area contributed by atoms with Gasteiger partial charge in [-0.05, 0) is 46.6 Å². The Hall–Kier alpha value is -2.19. The molecular formula is C37H60O11. The van der Waals surface area contributed by atoms with Gasteiger partial charge in [0.25, 0.3) is 0 Å². The molecule has 2 rings (SSSR count). The standard InChI is InChI=1S/C37H60O11/c1-21-11-10-12-30(40)32(46-9)19-33(35(42)37(44)27(7)34(41)26(6)31(48-37)18-28(38)20-45-8)47-36(43)25(5)17-23(3)15-22(2)16-24(4)29(39)14-13-21/h11,13-17,24,26-35,38-42,44H,10,12,18-20H2,1-9H3/b14-13+,21-11+,22-16+,23-15+,25-17+/t24-,26+,27-,28-,29-,30+,31-,32+,33+,34+,35-,37-/m1/s1. The fraction of sp³-hybridized carbons (Fsp3) is 0.703. The van der Waals surface area contributed by atoms with Gasteiger partial charge in [-0.3, -0.25) is 0 Å². The molecule has 11 nitrogen and oxygen atoms in total. The Balaban J connectivity index is 2.56. The van der Waals surface area contributed by atoms with Crippen molar-refractivity contribution in [2.75, 3.05) is 20.8 Å². The third-order valence-corrected chi connectivity index (χ3v) is 9.50. The van der Waals surface area contributed by atoms with E-state index in [1.807, 2.05) is 52.0 Å². The maximum Gasteiger partial charge on any atom is 0.334 e. The molecule has 2 aliphatic rings. The first-order chi connectivity index (χ1) is 22.4. The molecule has 1 fully saturated rings. The van der Waals surface area contributed by atoms with Gasteiger partial charge in [0.15, 0.2) is 0 Å². The number of hydrogen-bond donors (Lipinski definition) is 6. The molecule has 0 radical (unpaired) electrons. The van der Waals surface area contributed by atoms with Crippen molar-refractivity contribution in [3.05, 3.63) is 58.7 Å². The molecule has 0 bridgehead atoms. The summed E-state index contributed by atoms with van der Waals surface area (Å²) >= 11 is 0. The average molecular weight is 681 g/mol. The molecule has 0 aromatic rings. The van der Waals surface area contributed by atoms with Crippen LogP contribution < -0.4 is 0 Å². The van der Waals surface area contributed by atoms with Crippen molar-refractivity contribution >= 4 is 5.97 Å². The average Bonchev–Trinajstić information content (AvgIpc) is 3.02. The molecule has 6 N–H and O–H groups in total. The van der Waals surface area contributed by atoms with E-state index >= 15 is 0 Å². The third-order valence-electron chi connectivity index (χ3n) is 9.50. The second kappa shape index (κ2) is 19.3. The number of allylic oxidation sites excluding steroid dienone is 7. The van der Waals surface area contributed by atoms with Gasteiger partial charge in [-0.15, -0.1) is 0 Å².